The topological polar surface area (TPSA) is 49.4 Å². The van der Waals surface area contributed by atoms with Gasteiger partial charge in [0.1, 0.15) is 0 Å². The van der Waals surface area contributed by atoms with Crippen molar-refractivity contribution in [3.8, 4) is 0 Å². The molecule has 4 nitrogen and oxygen atoms in total. The van der Waals surface area contributed by atoms with Gasteiger partial charge in [0.05, 0.1) is 5.69 Å². The van der Waals surface area contributed by atoms with E-state index in [0.717, 1.165) is 28.4 Å². The van der Waals surface area contributed by atoms with E-state index in [2.05, 4.69) is 27.6 Å². The molecule has 20 heavy (non-hydrogen) atoms. The molecule has 112 valence electrons. The zero-order valence-electron chi connectivity index (χ0n) is 12.1. The van der Waals surface area contributed by atoms with Crippen LogP contribution in [-0.2, 0) is 10.2 Å². The molecule has 0 saturated carbocycles. The first-order chi connectivity index (χ1) is 9.29. The first-order valence-electron chi connectivity index (χ1n) is 6.84. The molecular formula is C14H21BrN2O2S. The third-order valence-electron chi connectivity index (χ3n) is 3.69. The number of aryl methyl sites for hydroxylation is 2. The van der Waals surface area contributed by atoms with Gasteiger partial charge in [-0.25, -0.2) is 0 Å². The van der Waals surface area contributed by atoms with Crippen molar-refractivity contribution in [1.29, 1.82) is 0 Å². The lowest BCUT2D eigenvalue weighted by atomic mass is 10.0. The molecule has 1 N–H and O–H groups in total. The second-order valence-electron chi connectivity index (χ2n) is 5.63. The maximum Gasteiger partial charge on any atom is 0.301 e. The van der Waals surface area contributed by atoms with Crippen molar-refractivity contribution < 1.29 is 8.42 Å². The fraction of sp³-hybridized carbons (Fsp3) is 0.571. The number of nitrogens with zero attached hydrogens (tertiary/aromatic N) is 1. The molecule has 1 aliphatic heterocycles. The van der Waals surface area contributed by atoms with E-state index >= 15 is 0 Å². The van der Waals surface area contributed by atoms with Crippen molar-refractivity contribution in [2.45, 2.75) is 33.6 Å². The van der Waals surface area contributed by atoms with E-state index < -0.39 is 10.2 Å². The Hall–Kier alpha value is -0.590. The summed E-state index contributed by atoms with van der Waals surface area (Å²) in [6.45, 7) is 7.12. The summed E-state index contributed by atoms with van der Waals surface area (Å²) in [7, 11) is -3.46. The van der Waals surface area contributed by atoms with E-state index in [4.69, 9.17) is 0 Å². The number of rotatable bonds is 3. The third kappa shape index (κ3) is 3.54. The van der Waals surface area contributed by atoms with Gasteiger partial charge in [-0.1, -0.05) is 22.9 Å². The number of hydrogen-bond donors (Lipinski definition) is 1. The lowest BCUT2D eigenvalue weighted by molar-refractivity contribution is 0.282. The predicted octanol–water partition coefficient (Wildman–Crippen LogP) is 3.45. The molecule has 1 fully saturated rings. The zero-order chi connectivity index (χ0) is 14.9. The van der Waals surface area contributed by atoms with Gasteiger partial charge in [0, 0.05) is 17.6 Å². The molecule has 1 unspecified atom stereocenters. The third-order valence-corrected chi connectivity index (χ3v) is 5.62. The Bertz CT molecular complexity index is 578. The Morgan fingerprint density at radius 3 is 2.45 bits per heavy atom. The second kappa shape index (κ2) is 6.03. The highest BCUT2D eigenvalue weighted by atomic mass is 79.9. The van der Waals surface area contributed by atoms with Crippen molar-refractivity contribution in [2.75, 3.05) is 17.8 Å². The molecule has 0 bridgehead atoms. The van der Waals surface area contributed by atoms with Gasteiger partial charge in [0.25, 0.3) is 0 Å². The summed E-state index contributed by atoms with van der Waals surface area (Å²) in [5.74, 6) is 0.424. The maximum atomic E-state index is 12.5. The Morgan fingerprint density at radius 2 is 1.90 bits per heavy atom. The minimum atomic E-state index is -3.46. The lowest BCUT2D eigenvalue weighted by Gasteiger charge is -2.30. The first kappa shape index (κ1) is 15.8. The number of benzene rings is 1. The van der Waals surface area contributed by atoms with E-state index in [1.54, 1.807) is 4.31 Å². The summed E-state index contributed by atoms with van der Waals surface area (Å²) < 4.78 is 30.3. The smallest absolute Gasteiger partial charge is 0.270 e. The van der Waals surface area contributed by atoms with Crippen molar-refractivity contribution in [3.63, 3.8) is 0 Å². The average Bonchev–Trinajstić information content (AvgIpc) is 2.34. The Kier molecular flexibility index (Phi) is 4.76. The van der Waals surface area contributed by atoms with Gasteiger partial charge in [-0.3, -0.25) is 4.72 Å². The Labute approximate surface area is 129 Å². The molecule has 0 amide bonds. The van der Waals surface area contributed by atoms with Crippen LogP contribution in [0.15, 0.2) is 16.6 Å². The van der Waals surface area contributed by atoms with E-state index in [9.17, 15) is 8.42 Å². The van der Waals surface area contributed by atoms with E-state index in [-0.39, 0.29) is 0 Å². The van der Waals surface area contributed by atoms with Crippen LogP contribution in [0.5, 0.6) is 0 Å². The van der Waals surface area contributed by atoms with Crippen LogP contribution in [0, 0.1) is 19.8 Å². The van der Waals surface area contributed by atoms with Crippen LogP contribution < -0.4 is 4.72 Å². The molecule has 0 aromatic heterocycles. The predicted molar refractivity (Wildman–Crippen MR) is 86.1 cm³/mol. The number of halogens is 1. The van der Waals surface area contributed by atoms with E-state index in [1.165, 1.54) is 0 Å². The van der Waals surface area contributed by atoms with Gasteiger partial charge in [-0.2, -0.15) is 12.7 Å². The second-order valence-corrected chi connectivity index (χ2v) is 8.21. The zero-order valence-corrected chi connectivity index (χ0v) is 14.5. The molecule has 1 aliphatic rings. The number of hydrogen-bond acceptors (Lipinski definition) is 2. The summed E-state index contributed by atoms with van der Waals surface area (Å²) in [6.07, 6.45) is 2.03. The summed E-state index contributed by atoms with van der Waals surface area (Å²) in [6, 6.07) is 3.84. The van der Waals surface area contributed by atoms with Crippen LogP contribution in [-0.4, -0.2) is 25.8 Å². The van der Waals surface area contributed by atoms with E-state index in [1.807, 2.05) is 26.0 Å². The fourth-order valence-electron chi connectivity index (χ4n) is 2.63. The maximum absolute atomic E-state index is 12.5. The molecule has 1 heterocycles. The standard InChI is InChI=1S/C14H21BrN2O2S/c1-10-5-4-6-17(9-10)20(18,19)16-14-11(2)7-13(15)8-12(14)3/h7-8,10,16H,4-6,9H2,1-3H3. The van der Waals surface area contributed by atoms with E-state index in [0.29, 0.717) is 24.7 Å². The van der Waals surface area contributed by atoms with Gasteiger partial charge < -0.3 is 0 Å². The number of piperidine rings is 1. The number of anilines is 1. The largest absolute Gasteiger partial charge is 0.301 e. The van der Waals surface area contributed by atoms with Crippen LogP contribution >= 0.6 is 15.9 Å². The number of nitrogens with one attached hydrogen (secondary N) is 1. The monoisotopic (exact) mass is 360 g/mol. The van der Waals surface area contributed by atoms with Gasteiger partial charge in [0.2, 0.25) is 0 Å². The highest BCUT2D eigenvalue weighted by molar-refractivity contribution is 9.10. The summed E-state index contributed by atoms with van der Waals surface area (Å²) in [5.41, 5.74) is 2.53. The SMILES string of the molecule is Cc1cc(Br)cc(C)c1NS(=O)(=O)N1CCCC(C)C1. The molecule has 6 heteroatoms. The van der Waals surface area contributed by atoms with Crippen molar-refractivity contribution in [2.24, 2.45) is 5.92 Å². The van der Waals surface area contributed by atoms with Gasteiger partial charge in [-0.15, -0.1) is 0 Å². The highest BCUT2D eigenvalue weighted by Gasteiger charge is 2.27. The van der Waals surface area contributed by atoms with Gasteiger partial charge in [0.15, 0.2) is 0 Å². The van der Waals surface area contributed by atoms with Crippen molar-refractivity contribution in [3.05, 3.63) is 27.7 Å². The highest BCUT2D eigenvalue weighted by Crippen LogP contribution is 2.27. The minimum absolute atomic E-state index is 0.424. The molecular weight excluding hydrogens is 340 g/mol. The van der Waals surface area contributed by atoms with Crippen LogP contribution in [0.2, 0.25) is 0 Å². The van der Waals surface area contributed by atoms with Gasteiger partial charge in [-0.05, 0) is 55.9 Å². The molecule has 1 aromatic rings. The normalized spacial score (nSPS) is 20.9. The first-order valence-corrected chi connectivity index (χ1v) is 9.07. The van der Waals surface area contributed by atoms with Crippen molar-refractivity contribution >= 4 is 31.8 Å². The van der Waals surface area contributed by atoms with Crippen LogP contribution in [0.4, 0.5) is 5.69 Å². The molecule has 1 aromatic carbocycles. The summed E-state index contributed by atoms with van der Waals surface area (Å²) in [5, 5.41) is 0. The fourth-order valence-corrected chi connectivity index (χ4v) is 4.85. The Balaban J connectivity index is 2.24. The lowest BCUT2D eigenvalue weighted by Crippen LogP contribution is -2.42. The average molecular weight is 361 g/mol. The molecule has 0 aliphatic carbocycles. The van der Waals surface area contributed by atoms with Crippen LogP contribution in [0.25, 0.3) is 0 Å². The molecule has 0 radical (unpaired) electrons. The summed E-state index contributed by atoms with van der Waals surface area (Å²) in [4.78, 5) is 0. The van der Waals surface area contributed by atoms with Gasteiger partial charge >= 0.3 is 10.2 Å². The summed E-state index contributed by atoms with van der Waals surface area (Å²) >= 11 is 3.42. The Morgan fingerprint density at radius 1 is 1.30 bits per heavy atom. The van der Waals surface area contributed by atoms with Crippen molar-refractivity contribution in [1.82, 2.24) is 4.31 Å². The van der Waals surface area contributed by atoms with Crippen LogP contribution in [0.3, 0.4) is 0 Å². The van der Waals surface area contributed by atoms with Crippen LogP contribution in [0.1, 0.15) is 30.9 Å². The minimum Gasteiger partial charge on any atom is -0.270 e. The molecule has 1 saturated heterocycles. The molecule has 1 atom stereocenters. The quantitative estimate of drug-likeness (QED) is 0.897. The molecule has 2 rings (SSSR count). The molecule has 0 spiro atoms.